The first kappa shape index (κ1) is 11.3. The third-order valence-electron chi connectivity index (χ3n) is 2.41. The number of rotatable bonds is 5. The minimum atomic E-state index is -0.141. The number of benzene rings is 1. The number of halogens is 1. The Labute approximate surface area is 86.8 Å². The van der Waals surface area contributed by atoms with Crippen LogP contribution in [0.5, 0.6) is 0 Å². The van der Waals surface area contributed by atoms with Crippen molar-refractivity contribution in [1.82, 2.24) is 0 Å². The van der Waals surface area contributed by atoms with Crippen molar-refractivity contribution in [2.75, 3.05) is 0 Å². The molecule has 1 rings (SSSR count). The summed E-state index contributed by atoms with van der Waals surface area (Å²) in [5, 5.41) is 0. The molecule has 0 aromatic heterocycles. The van der Waals surface area contributed by atoms with Gasteiger partial charge in [-0.1, -0.05) is 43.9 Å². The second-order valence-electron chi connectivity index (χ2n) is 3.70. The minimum Gasteiger partial charge on any atom is -0.296 e. The fourth-order valence-corrected chi connectivity index (χ4v) is 1.48. The first-order chi connectivity index (χ1) is 6.74. The number of hydrogen-bond acceptors (Lipinski definition) is 0. The summed E-state index contributed by atoms with van der Waals surface area (Å²) in [6, 6.07) is 4.96. The normalized spacial score (nSPS) is 10.5. The molecule has 2 heteroatoms. The topological polar surface area (TPSA) is 0 Å². The third kappa shape index (κ3) is 3.53. The smallest absolute Gasteiger partial charge is 0.119 e. The average molecular weight is 191 g/mol. The van der Waals surface area contributed by atoms with E-state index in [1.165, 1.54) is 25.3 Å². The van der Waals surface area contributed by atoms with Crippen molar-refractivity contribution >= 4 is 12.7 Å². The molecule has 0 amide bonds. The standard InChI is InChI=1S/C12H17BF/c1-3-4-5-8-13-12-9-11(14)7-6-10(12)2/h6-7,9H,3-5,8H2,1-2H3/q-1. The quantitative estimate of drug-likeness (QED) is 0.495. The SMILES string of the molecule is CCCCC[B-]c1cc(F)ccc1C. The molecule has 0 aliphatic heterocycles. The van der Waals surface area contributed by atoms with Crippen molar-refractivity contribution in [2.45, 2.75) is 39.4 Å². The Bertz CT molecular complexity index is 284. The van der Waals surface area contributed by atoms with Crippen molar-refractivity contribution in [2.24, 2.45) is 0 Å². The number of aryl methyl sites for hydroxylation is 1. The fraction of sp³-hybridized carbons (Fsp3) is 0.500. The van der Waals surface area contributed by atoms with E-state index >= 15 is 0 Å². The molecule has 0 fully saturated rings. The monoisotopic (exact) mass is 191 g/mol. The zero-order chi connectivity index (χ0) is 10.4. The lowest BCUT2D eigenvalue weighted by atomic mass is 9.64. The van der Waals surface area contributed by atoms with Crippen molar-refractivity contribution in [3.63, 3.8) is 0 Å². The van der Waals surface area contributed by atoms with Gasteiger partial charge in [-0.3, -0.25) is 12.7 Å². The highest BCUT2D eigenvalue weighted by molar-refractivity contribution is 6.53. The van der Waals surface area contributed by atoms with Crippen LogP contribution < -0.4 is 5.46 Å². The molecule has 0 aliphatic rings. The van der Waals surface area contributed by atoms with Gasteiger partial charge in [-0.15, -0.1) is 0 Å². The zero-order valence-corrected chi connectivity index (χ0v) is 9.02. The van der Waals surface area contributed by atoms with Crippen LogP contribution >= 0.6 is 0 Å². The summed E-state index contributed by atoms with van der Waals surface area (Å²) < 4.78 is 12.9. The molecule has 14 heavy (non-hydrogen) atoms. The summed E-state index contributed by atoms with van der Waals surface area (Å²) in [6.07, 6.45) is 4.74. The van der Waals surface area contributed by atoms with E-state index in [1.807, 2.05) is 13.0 Å². The van der Waals surface area contributed by atoms with Gasteiger partial charge in [0.1, 0.15) is 5.82 Å². The van der Waals surface area contributed by atoms with E-state index in [9.17, 15) is 4.39 Å². The highest BCUT2D eigenvalue weighted by Crippen LogP contribution is 2.02. The van der Waals surface area contributed by atoms with Crippen LogP contribution in [0.2, 0.25) is 6.32 Å². The lowest BCUT2D eigenvalue weighted by Crippen LogP contribution is -2.17. The first-order valence-electron chi connectivity index (χ1n) is 5.33. The van der Waals surface area contributed by atoms with Gasteiger partial charge in [-0.25, -0.2) is 10.7 Å². The van der Waals surface area contributed by atoms with E-state index in [2.05, 4.69) is 14.2 Å². The number of unbranched alkanes of at least 4 members (excludes halogenated alkanes) is 2. The van der Waals surface area contributed by atoms with Crippen molar-refractivity contribution in [3.8, 4) is 0 Å². The first-order valence-corrected chi connectivity index (χ1v) is 5.33. The van der Waals surface area contributed by atoms with Crippen molar-refractivity contribution < 1.29 is 4.39 Å². The van der Waals surface area contributed by atoms with Crippen LogP contribution in [0.3, 0.4) is 0 Å². The van der Waals surface area contributed by atoms with Gasteiger partial charge < -0.3 is 0 Å². The van der Waals surface area contributed by atoms with Crippen LogP contribution in [0.4, 0.5) is 4.39 Å². The lowest BCUT2D eigenvalue weighted by Gasteiger charge is -2.18. The molecule has 0 unspecified atom stereocenters. The molecule has 0 bridgehead atoms. The fourth-order valence-electron chi connectivity index (χ4n) is 1.48. The maximum Gasteiger partial charge on any atom is 0.119 e. The summed E-state index contributed by atoms with van der Waals surface area (Å²) in [6.45, 7) is 4.21. The van der Waals surface area contributed by atoms with Gasteiger partial charge in [0.2, 0.25) is 0 Å². The van der Waals surface area contributed by atoms with Crippen LogP contribution in [0.1, 0.15) is 31.7 Å². The summed E-state index contributed by atoms with van der Waals surface area (Å²) in [5.74, 6) is -0.141. The molecule has 0 N–H and O–H groups in total. The average Bonchev–Trinajstić information content (AvgIpc) is 2.18. The van der Waals surface area contributed by atoms with Crippen molar-refractivity contribution in [3.05, 3.63) is 29.6 Å². The Morgan fingerprint density at radius 2 is 2.07 bits per heavy atom. The maximum absolute atomic E-state index is 12.9. The Morgan fingerprint density at radius 3 is 2.79 bits per heavy atom. The molecule has 2 radical (unpaired) electrons. The van der Waals surface area contributed by atoms with Gasteiger partial charge in [-0.2, -0.15) is 0 Å². The summed E-state index contributed by atoms with van der Waals surface area (Å²) >= 11 is 0. The third-order valence-corrected chi connectivity index (χ3v) is 2.41. The van der Waals surface area contributed by atoms with E-state index in [4.69, 9.17) is 0 Å². The van der Waals surface area contributed by atoms with Gasteiger partial charge in [0.05, 0.1) is 0 Å². The molecule has 0 saturated heterocycles. The summed E-state index contributed by atoms with van der Waals surface area (Å²) in [4.78, 5) is 0. The summed E-state index contributed by atoms with van der Waals surface area (Å²) in [7, 11) is 2.13. The Morgan fingerprint density at radius 1 is 1.29 bits per heavy atom. The van der Waals surface area contributed by atoms with Crippen LogP contribution in [0, 0.1) is 12.7 Å². The van der Waals surface area contributed by atoms with E-state index in [1.54, 1.807) is 6.07 Å². The molecular formula is C12H17BF-. The zero-order valence-electron chi connectivity index (χ0n) is 9.02. The Balaban J connectivity index is 2.45. The Kier molecular flexibility index (Phi) is 4.71. The molecule has 0 atom stereocenters. The van der Waals surface area contributed by atoms with Gasteiger partial charge in [0.15, 0.2) is 0 Å². The van der Waals surface area contributed by atoms with Gasteiger partial charge in [0.25, 0.3) is 0 Å². The van der Waals surface area contributed by atoms with E-state index in [0.717, 1.165) is 17.3 Å². The molecule has 0 nitrogen and oxygen atoms in total. The second-order valence-corrected chi connectivity index (χ2v) is 3.70. The van der Waals surface area contributed by atoms with Gasteiger partial charge in [-0.05, 0) is 13.0 Å². The van der Waals surface area contributed by atoms with Crippen LogP contribution in [-0.4, -0.2) is 7.28 Å². The molecule has 0 heterocycles. The van der Waals surface area contributed by atoms with Gasteiger partial charge in [0, 0.05) is 0 Å². The molecule has 1 aromatic carbocycles. The molecule has 0 spiro atoms. The highest BCUT2D eigenvalue weighted by atomic mass is 19.1. The Hall–Kier alpha value is -0.785. The molecular weight excluding hydrogens is 174 g/mol. The highest BCUT2D eigenvalue weighted by Gasteiger charge is 1.90. The minimum absolute atomic E-state index is 0.141. The predicted molar refractivity (Wildman–Crippen MR) is 60.9 cm³/mol. The predicted octanol–water partition coefficient (Wildman–Crippen LogP) is 3.07. The molecule has 76 valence electrons. The second kappa shape index (κ2) is 5.84. The summed E-state index contributed by atoms with van der Waals surface area (Å²) in [5.41, 5.74) is 2.20. The van der Waals surface area contributed by atoms with Crippen LogP contribution in [-0.2, 0) is 0 Å². The molecule has 0 aliphatic carbocycles. The van der Waals surface area contributed by atoms with Crippen molar-refractivity contribution in [1.29, 1.82) is 0 Å². The van der Waals surface area contributed by atoms with E-state index < -0.39 is 0 Å². The number of hydrogen-bond donors (Lipinski definition) is 0. The van der Waals surface area contributed by atoms with Crippen LogP contribution in [0.15, 0.2) is 18.2 Å². The largest absolute Gasteiger partial charge is 0.296 e. The van der Waals surface area contributed by atoms with Crippen LogP contribution in [0.25, 0.3) is 0 Å². The molecule has 1 aromatic rings. The maximum atomic E-state index is 12.9. The lowest BCUT2D eigenvalue weighted by molar-refractivity contribution is 0.628. The molecule has 0 saturated carbocycles. The van der Waals surface area contributed by atoms with E-state index in [0.29, 0.717) is 0 Å². The van der Waals surface area contributed by atoms with E-state index in [-0.39, 0.29) is 5.82 Å². The van der Waals surface area contributed by atoms with Gasteiger partial charge >= 0.3 is 0 Å².